The smallest absolute Gasteiger partial charge is 0.253 e. The zero-order valence-corrected chi connectivity index (χ0v) is 11.6. The van der Waals surface area contributed by atoms with E-state index in [1.807, 2.05) is 38.1 Å². The molecule has 0 radical (unpaired) electrons. The second kappa shape index (κ2) is 6.28. The summed E-state index contributed by atoms with van der Waals surface area (Å²) in [6, 6.07) is 10.6. The molecule has 0 aliphatic rings. The summed E-state index contributed by atoms with van der Waals surface area (Å²) in [4.78, 5) is 15.6. The molecule has 1 atom stereocenters. The minimum absolute atomic E-state index is 0.0619. The molecular weight excluding hydrogens is 255 g/mol. The number of carbonyl (C=O) groups is 1. The third kappa shape index (κ3) is 3.41. The van der Waals surface area contributed by atoms with E-state index >= 15 is 0 Å². The molecule has 0 saturated carbocycles. The Hall–Kier alpha value is -2.23. The lowest BCUT2D eigenvalue weighted by molar-refractivity contribution is 0.0935. The molecule has 2 aromatic rings. The van der Waals surface area contributed by atoms with Crippen LogP contribution in [0.5, 0.6) is 0 Å². The Kier molecular flexibility index (Phi) is 4.45. The molecule has 1 heterocycles. The maximum Gasteiger partial charge on any atom is 0.253 e. The molecule has 4 heteroatoms. The first-order chi connectivity index (χ1) is 9.60. The number of carbonyl (C=O) groups excluding carboxylic acids is 1. The van der Waals surface area contributed by atoms with E-state index in [4.69, 9.17) is 0 Å². The fraction of sp³-hybridized carbons (Fsp3) is 0.250. The third-order valence-electron chi connectivity index (χ3n) is 3.18. The molecule has 0 bridgehead atoms. The molecule has 1 unspecified atom stereocenters. The van der Waals surface area contributed by atoms with Crippen molar-refractivity contribution >= 4 is 5.91 Å². The molecule has 3 nitrogen and oxygen atoms in total. The fourth-order valence-electron chi connectivity index (χ4n) is 1.97. The van der Waals surface area contributed by atoms with Gasteiger partial charge in [0.2, 0.25) is 5.95 Å². The molecule has 1 aromatic heterocycles. The number of hydrogen-bond donors (Lipinski definition) is 1. The molecule has 2 rings (SSSR count). The summed E-state index contributed by atoms with van der Waals surface area (Å²) in [7, 11) is 0. The Bertz CT molecular complexity index is 578. The molecule has 0 spiro atoms. The molecule has 1 aromatic carbocycles. The number of nitrogens with one attached hydrogen (secondary N) is 1. The van der Waals surface area contributed by atoms with Gasteiger partial charge in [-0.25, -0.2) is 4.98 Å². The van der Waals surface area contributed by atoms with Crippen LogP contribution >= 0.6 is 0 Å². The van der Waals surface area contributed by atoms with Crippen molar-refractivity contribution in [2.24, 2.45) is 0 Å². The van der Waals surface area contributed by atoms with Gasteiger partial charge in [0.15, 0.2) is 0 Å². The molecule has 104 valence electrons. The average Bonchev–Trinajstić information content (AvgIpc) is 2.46. The van der Waals surface area contributed by atoms with Crippen molar-refractivity contribution in [3.63, 3.8) is 0 Å². The van der Waals surface area contributed by atoms with Crippen LogP contribution in [0.25, 0.3) is 0 Å². The minimum atomic E-state index is -0.591. The van der Waals surface area contributed by atoms with Gasteiger partial charge in [-0.15, -0.1) is 0 Å². The van der Waals surface area contributed by atoms with Crippen LogP contribution in [0, 0.1) is 12.9 Å². The van der Waals surface area contributed by atoms with Crippen molar-refractivity contribution in [3.05, 3.63) is 65.2 Å². The van der Waals surface area contributed by atoms with Gasteiger partial charge in [0, 0.05) is 6.20 Å². The lowest BCUT2D eigenvalue weighted by Gasteiger charge is -2.17. The third-order valence-corrected chi connectivity index (χ3v) is 3.18. The van der Waals surface area contributed by atoms with Gasteiger partial charge in [-0.3, -0.25) is 4.79 Å². The summed E-state index contributed by atoms with van der Waals surface area (Å²) in [5, 5.41) is 2.94. The van der Waals surface area contributed by atoms with Gasteiger partial charge in [0.1, 0.15) is 0 Å². The van der Waals surface area contributed by atoms with Crippen molar-refractivity contribution in [2.75, 3.05) is 0 Å². The van der Waals surface area contributed by atoms with Crippen LogP contribution in [0.3, 0.4) is 0 Å². The second-order valence-electron chi connectivity index (χ2n) is 4.71. The number of halogens is 1. The van der Waals surface area contributed by atoms with Crippen molar-refractivity contribution in [3.8, 4) is 0 Å². The SMILES string of the molecule is CCC(NC(=O)c1ccc(F)nc1)c1ccc(C)cc1. The molecule has 0 fully saturated rings. The number of hydrogen-bond acceptors (Lipinski definition) is 2. The molecular formula is C16H17FN2O. The summed E-state index contributed by atoms with van der Waals surface area (Å²) >= 11 is 0. The summed E-state index contributed by atoms with van der Waals surface area (Å²) in [6.45, 7) is 4.03. The standard InChI is InChI=1S/C16H17FN2O/c1-3-14(12-6-4-11(2)5-7-12)19-16(20)13-8-9-15(17)18-10-13/h4-10,14H,3H2,1-2H3,(H,19,20). The highest BCUT2D eigenvalue weighted by Gasteiger charge is 2.14. The molecule has 1 N–H and O–H groups in total. The maximum absolute atomic E-state index is 12.7. The Labute approximate surface area is 117 Å². The maximum atomic E-state index is 12.7. The number of benzene rings is 1. The molecule has 0 aliphatic carbocycles. The Morgan fingerprint density at radius 2 is 1.95 bits per heavy atom. The summed E-state index contributed by atoms with van der Waals surface area (Å²) in [5.74, 6) is -0.836. The normalized spacial score (nSPS) is 11.9. The Morgan fingerprint density at radius 1 is 1.25 bits per heavy atom. The summed E-state index contributed by atoms with van der Waals surface area (Å²) in [5.41, 5.74) is 2.59. The first-order valence-corrected chi connectivity index (χ1v) is 6.59. The number of aryl methyl sites for hydroxylation is 1. The molecule has 0 saturated heterocycles. The first-order valence-electron chi connectivity index (χ1n) is 6.59. The van der Waals surface area contributed by atoms with Crippen LogP contribution in [0.4, 0.5) is 4.39 Å². The van der Waals surface area contributed by atoms with Gasteiger partial charge in [-0.05, 0) is 31.0 Å². The molecule has 20 heavy (non-hydrogen) atoms. The quantitative estimate of drug-likeness (QED) is 0.867. The highest BCUT2D eigenvalue weighted by Crippen LogP contribution is 2.17. The lowest BCUT2D eigenvalue weighted by Crippen LogP contribution is -2.28. The number of amides is 1. The van der Waals surface area contributed by atoms with E-state index in [2.05, 4.69) is 10.3 Å². The topological polar surface area (TPSA) is 42.0 Å². The van der Waals surface area contributed by atoms with Crippen molar-refractivity contribution in [2.45, 2.75) is 26.3 Å². The predicted molar refractivity (Wildman–Crippen MR) is 75.9 cm³/mol. The van der Waals surface area contributed by atoms with Crippen molar-refractivity contribution in [1.82, 2.24) is 10.3 Å². The predicted octanol–water partition coefficient (Wildman–Crippen LogP) is 3.41. The largest absolute Gasteiger partial charge is 0.345 e. The minimum Gasteiger partial charge on any atom is -0.345 e. The monoisotopic (exact) mass is 272 g/mol. The second-order valence-corrected chi connectivity index (χ2v) is 4.71. The Balaban J connectivity index is 2.11. The van der Waals surface area contributed by atoms with Gasteiger partial charge in [0.05, 0.1) is 11.6 Å². The van der Waals surface area contributed by atoms with E-state index in [0.29, 0.717) is 5.56 Å². The van der Waals surface area contributed by atoms with E-state index in [0.717, 1.165) is 12.0 Å². The highest BCUT2D eigenvalue weighted by molar-refractivity contribution is 5.94. The van der Waals surface area contributed by atoms with Crippen LogP contribution in [0.1, 0.15) is 40.9 Å². The van der Waals surface area contributed by atoms with Crippen LogP contribution in [-0.4, -0.2) is 10.9 Å². The van der Waals surface area contributed by atoms with Crippen molar-refractivity contribution < 1.29 is 9.18 Å². The van der Waals surface area contributed by atoms with Gasteiger partial charge >= 0.3 is 0 Å². The van der Waals surface area contributed by atoms with Crippen LogP contribution < -0.4 is 5.32 Å². The van der Waals surface area contributed by atoms with Crippen molar-refractivity contribution in [1.29, 1.82) is 0 Å². The number of nitrogens with zero attached hydrogens (tertiary/aromatic N) is 1. The zero-order chi connectivity index (χ0) is 14.5. The van der Waals surface area contributed by atoms with E-state index in [1.165, 1.54) is 23.9 Å². The molecule has 0 aliphatic heterocycles. The van der Waals surface area contributed by atoms with Gasteiger partial charge in [-0.2, -0.15) is 4.39 Å². The van der Waals surface area contributed by atoms with Crippen LogP contribution in [0.15, 0.2) is 42.6 Å². The van der Waals surface area contributed by atoms with Crippen LogP contribution in [0.2, 0.25) is 0 Å². The fourth-order valence-corrected chi connectivity index (χ4v) is 1.97. The number of aromatic nitrogens is 1. The summed E-state index contributed by atoms with van der Waals surface area (Å²) in [6.07, 6.45) is 2.02. The number of rotatable bonds is 4. The lowest BCUT2D eigenvalue weighted by atomic mass is 10.0. The number of pyridine rings is 1. The molecule has 1 amide bonds. The van der Waals surface area contributed by atoms with E-state index < -0.39 is 5.95 Å². The van der Waals surface area contributed by atoms with E-state index in [9.17, 15) is 9.18 Å². The van der Waals surface area contributed by atoms with E-state index in [-0.39, 0.29) is 11.9 Å². The van der Waals surface area contributed by atoms with Crippen LogP contribution in [-0.2, 0) is 0 Å². The zero-order valence-electron chi connectivity index (χ0n) is 11.6. The van der Waals surface area contributed by atoms with Gasteiger partial charge in [-0.1, -0.05) is 36.8 Å². The van der Waals surface area contributed by atoms with E-state index in [1.54, 1.807) is 0 Å². The average molecular weight is 272 g/mol. The first kappa shape index (κ1) is 14.2. The highest BCUT2D eigenvalue weighted by atomic mass is 19.1. The van der Waals surface area contributed by atoms with Gasteiger partial charge in [0.25, 0.3) is 5.91 Å². The van der Waals surface area contributed by atoms with Gasteiger partial charge < -0.3 is 5.32 Å². The summed E-state index contributed by atoms with van der Waals surface area (Å²) < 4.78 is 12.7. The Morgan fingerprint density at radius 3 is 2.50 bits per heavy atom.